The molecule has 0 atom stereocenters. The van der Waals surface area contributed by atoms with Gasteiger partial charge < -0.3 is 5.11 Å². The van der Waals surface area contributed by atoms with Crippen LogP contribution in [0.25, 0.3) is 11.1 Å². The quantitative estimate of drug-likeness (QED) is 0.871. The number of aliphatic hydroxyl groups excluding tert-OH is 1. The highest BCUT2D eigenvalue weighted by Crippen LogP contribution is 2.50. The van der Waals surface area contributed by atoms with E-state index in [9.17, 15) is 9.18 Å². The molecule has 4 heteroatoms. The summed E-state index contributed by atoms with van der Waals surface area (Å²) in [5, 5.41) is 9.15. The zero-order valence-electron chi connectivity index (χ0n) is 13.0. The van der Waals surface area contributed by atoms with Crippen LogP contribution in [0.2, 0.25) is 0 Å². The van der Waals surface area contributed by atoms with E-state index in [-0.39, 0.29) is 23.0 Å². The number of hydrogen-bond donors (Lipinski definition) is 1. The third-order valence-corrected chi connectivity index (χ3v) is 6.16. The molecule has 1 aliphatic carbocycles. The fraction of sp³-hybridized carbons (Fsp3) is 0.316. The maximum atomic E-state index is 13.7. The van der Waals surface area contributed by atoms with E-state index in [1.807, 2.05) is 24.3 Å². The van der Waals surface area contributed by atoms with E-state index in [1.165, 1.54) is 12.1 Å². The molecule has 0 spiro atoms. The number of hydrogen-bond acceptors (Lipinski definition) is 3. The Hall–Kier alpha value is -1.65. The summed E-state index contributed by atoms with van der Waals surface area (Å²) in [6, 6.07) is 12.1. The molecule has 1 saturated carbocycles. The van der Waals surface area contributed by atoms with Crippen LogP contribution in [0.1, 0.15) is 31.7 Å². The lowest BCUT2D eigenvalue weighted by Crippen LogP contribution is -2.40. The minimum absolute atomic E-state index is 0.0154. The second-order valence-electron chi connectivity index (χ2n) is 6.00. The number of aliphatic hydroxyl groups is 1. The molecule has 0 saturated heterocycles. The molecule has 3 rings (SSSR count). The van der Waals surface area contributed by atoms with Gasteiger partial charge in [0.25, 0.3) is 0 Å². The molecule has 0 aromatic heterocycles. The molecule has 23 heavy (non-hydrogen) atoms. The first-order valence-electron chi connectivity index (χ1n) is 7.74. The minimum atomic E-state index is -0.350. The Bertz CT molecular complexity index is 721. The molecule has 0 bridgehead atoms. The molecule has 2 nitrogen and oxygen atoms in total. The zero-order valence-corrected chi connectivity index (χ0v) is 13.8. The predicted octanol–water partition coefficient (Wildman–Crippen LogP) is 4.59. The summed E-state index contributed by atoms with van der Waals surface area (Å²) in [5.41, 5.74) is 2.51. The summed E-state index contributed by atoms with van der Waals surface area (Å²) < 4.78 is 13.4. The van der Waals surface area contributed by atoms with Crippen molar-refractivity contribution in [2.24, 2.45) is 0 Å². The van der Waals surface area contributed by atoms with Gasteiger partial charge in [-0.15, -0.1) is 11.8 Å². The molecule has 2 aromatic rings. The smallest absolute Gasteiger partial charge is 0.146 e. The van der Waals surface area contributed by atoms with Crippen LogP contribution in [-0.4, -0.2) is 15.6 Å². The molecular formula is C19H19FO2S. The van der Waals surface area contributed by atoms with Crippen molar-refractivity contribution in [3.8, 4) is 11.1 Å². The number of carbonyl (C=O) groups excluding carboxylic acids is 1. The standard InChI is InChI=1S/C19H19FO2S/c1-13(22)19(9-2-10-19)23-18-8-7-16(20)11-17(18)15-5-3-14(12-21)4-6-15/h3-8,11,21H,2,9-10,12H2,1H3. The van der Waals surface area contributed by atoms with Crippen molar-refractivity contribution in [2.75, 3.05) is 0 Å². The maximum absolute atomic E-state index is 13.7. The van der Waals surface area contributed by atoms with Gasteiger partial charge in [0, 0.05) is 4.90 Å². The van der Waals surface area contributed by atoms with Gasteiger partial charge in [0.1, 0.15) is 11.6 Å². The summed E-state index contributed by atoms with van der Waals surface area (Å²) in [6.07, 6.45) is 2.83. The van der Waals surface area contributed by atoms with Gasteiger partial charge in [0.05, 0.1) is 11.4 Å². The molecule has 0 amide bonds. The van der Waals surface area contributed by atoms with E-state index in [4.69, 9.17) is 5.11 Å². The number of halogens is 1. The molecule has 0 aliphatic heterocycles. The summed E-state index contributed by atoms with van der Waals surface area (Å²) >= 11 is 1.56. The molecule has 1 aliphatic rings. The van der Waals surface area contributed by atoms with Gasteiger partial charge in [-0.1, -0.05) is 24.3 Å². The molecule has 0 heterocycles. The van der Waals surface area contributed by atoms with Gasteiger partial charge in [0.15, 0.2) is 0 Å². The fourth-order valence-electron chi connectivity index (χ4n) is 2.84. The van der Waals surface area contributed by atoms with Gasteiger partial charge in [-0.25, -0.2) is 4.39 Å². The Labute approximate surface area is 139 Å². The minimum Gasteiger partial charge on any atom is -0.392 e. The number of ketones is 1. The lowest BCUT2D eigenvalue weighted by atomic mass is 9.81. The Morgan fingerprint density at radius 3 is 2.43 bits per heavy atom. The van der Waals surface area contributed by atoms with E-state index in [0.29, 0.717) is 0 Å². The molecular weight excluding hydrogens is 311 g/mol. The van der Waals surface area contributed by atoms with Gasteiger partial charge in [0.2, 0.25) is 0 Å². The summed E-state index contributed by atoms with van der Waals surface area (Å²) in [7, 11) is 0. The highest BCUT2D eigenvalue weighted by Gasteiger charge is 2.42. The molecule has 0 unspecified atom stereocenters. The summed E-state index contributed by atoms with van der Waals surface area (Å²) in [4.78, 5) is 13.0. The second-order valence-corrected chi connectivity index (χ2v) is 7.43. The third kappa shape index (κ3) is 3.19. The Kier molecular flexibility index (Phi) is 4.55. The van der Waals surface area contributed by atoms with E-state index in [2.05, 4.69) is 0 Å². The zero-order chi connectivity index (χ0) is 16.4. The second kappa shape index (κ2) is 6.46. The van der Waals surface area contributed by atoms with Crippen LogP contribution in [0.4, 0.5) is 4.39 Å². The Morgan fingerprint density at radius 2 is 1.91 bits per heavy atom. The topological polar surface area (TPSA) is 37.3 Å². The first-order chi connectivity index (χ1) is 11.0. The van der Waals surface area contributed by atoms with Crippen molar-refractivity contribution in [1.82, 2.24) is 0 Å². The highest BCUT2D eigenvalue weighted by molar-refractivity contribution is 8.01. The lowest BCUT2D eigenvalue weighted by molar-refractivity contribution is -0.121. The molecule has 120 valence electrons. The lowest BCUT2D eigenvalue weighted by Gasteiger charge is -2.39. The number of carbonyl (C=O) groups is 1. The number of Topliss-reactive ketones (excluding diaryl/α,β-unsaturated/α-hetero) is 1. The maximum Gasteiger partial charge on any atom is 0.146 e. The van der Waals surface area contributed by atoms with Crippen LogP contribution in [-0.2, 0) is 11.4 Å². The highest BCUT2D eigenvalue weighted by atomic mass is 32.2. The van der Waals surface area contributed by atoms with Gasteiger partial charge >= 0.3 is 0 Å². The molecule has 2 aromatic carbocycles. The third-order valence-electron chi connectivity index (χ3n) is 4.50. The van der Waals surface area contributed by atoms with Crippen molar-refractivity contribution < 1.29 is 14.3 Å². The Balaban J connectivity index is 1.99. The first kappa shape index (κ1) is 16.2. The van der Waals surface area contributed by atoms with Crippen LogP contribution in [0, 0.1) is 5.82 Å². The van der Waals surface area contributed by atoms with Crippen molar-refractivity contribution in [3.05, 3.63) is 53.8 Å². The van der Waals surface area contributed by atoms with Crippen LogP contribution in [0.5, 0.6) is 0 Å². The number of thioether (sulfide) groups is 1. The van der Waals surface area contributed by atoms with Crippen LogP contribution in [0.15, 0.2) is 47.4 Å². The van der Waals surface area contributed by atoms with Crippen molar-refractivity contribution in [1.29, 1.82) is 0 Å². The first-order valence-corrected chi connectivity index (χ1v) is 8.55. The molecule has 0 radical (unpaired) electrons. The largest absolute Gasteiger partial charge is 0.392 e. The van der Waals surface area contributed by atoms with Crippen molar-refractivity contribution in [3.63, 3.8) is 0 Å². The van der Waals surface area contributed by atoms with Gasteiger partial charge in [-0.3, -0.25) is 4.79 Å². The van der Waals surface area contributed by atoms with Crippen LogP contribution in [0.3, 0.4) is 0 Å². The van der Waals surface area contributed by atoms with E-state index >= 15 is 0 Å². The van der Waals surface area contributed by atoms with Crippen molar-refractivity contribution >= 4 is 17.5 Å². The van der Waals surface area contributed by atoms with Crippen molar-refractivity contribution in [2.45, 2.75) is 42.4 Å². The van der Waals surface area contributed by atoms with Crippen LogP contribution >= 0.6 is 11.8 Å². The fourth-order valence-corrected chi connectivity index (χ4v) is 4.32. The van der Waals surface area contributed by atoms with Gasteiger partial charge in [-0.05, 0) is 61.1 Å². The molecule has 1 fully saturated rings. The van der Waals surface area contributed by atoms with E-state index in [1.54, 1.807) is 24.8 Å². The SMILES string of the molecule is CC(=O)C1(Sc2ccc(F)cc2-c2ccc(CO)cc2)CCC1. The van der Waals surface area contributed by atoms with Gasteiger partial charge in [-0.2, -0.15) is 0 Å². The summed E-state index contributed by atoms with van der Waals surface area (Å²) in [5.74, 6) is -0.0966. The normalized spacial score (nSPS) is 16.0. The monoisotopic (exact) mass is 330 g/mol. The average Bonchev–Trinajstić information content (AvgIpc) is 2.51. The number of benzene rings is 2. The Morgan fingerprint density at radius 1 is 1.22 bits per heavy atom. The van der Waals surface area contributed by atoms with Crippen LogP contribution < -0.4 is 0 Å². The summed E-state index contributed by atoms with van der Waals surface area (Å²) in [6.45, 7) is 1.63. The number of rotatable bonds is 5. The average molecular weight is 330 g/mol. The predicted molar refractivity (Wildman–Crippen MR) is 90.9 cm³/mol. The molecule has 1 N–H and O–H groups in total. The van der Waals surface area contributed by atoms with E-state index in [0.717, 1.165) is 40.8 Å². The van der Waals surface area contributed by atoms with E-state index < -0.39 is 0 Å².